The van der Waals surface area contributed by atoms with Gasteiger partial charge in [0, 0.05) is 23.1 Å². The van der Waals surface area contributed by atoms with Crippen LogP contribution in [0.5, 0.6) is 0 Å². The van der Waals surface area contributed by atoms with Crippen LogP contribution >= 0.6 is 0 Å². The second kappa shape index (κ2) is 13.0. The molecule has 2 fully saturated rings. The molecule has 8 rings (SSSR count). The van der Waals surface area contributed by atoms with Crippen LogP contribution in [0.3, 0.4) is 0 Å². The van der Waals surface area contributed by atoms with Crippen LogP contribution in [0.2, 0.25) is 0 Å². The Morgan fingerprint density at radius 2 is 1.76 bits per heavy atom. The number of alkyl halides is 3. The van der Waals surface area contributed by atoms with Gasteiger partial charge in [0.25, 0.3) is 0 Å². The molecule has 1 saturated heterocycles. The van der Waals surface area contributed by atoms with Crippen molar-refractivity contribution in [2.75, 3.05) is 6.54 Å². The maximum atomic E-state index is 14.3. The molecular formula is C42H42F3NO4. The fraction of sp³-hybridized carbons (Fsp3) is 0.381. The van der Waals surface area contributed by atoms with Crippen LogP contribution in [-0.4, -0.2) is 40.1 Å². The zero-order valence-corrected chi connectivity index (χ0v) is 28.4. The highest BCUT2D eigenvalue weighted by Crippen LogP contribution is 2.62. The Morgan fingerprint density at radius 3 is 2.58 bits per heavy atom. The lowest BCUT2D eigenvalue weighted by molar-refractivity contribution is -0.137. The largest absolute Gasteiger partial charge is 0.440 e. The molecule has 0 aromatic heterocycles. The molecule has 260 valence electrons. The monoisotopic (exact) mass is 681 g/mol. The normalized spacial score (nSPS) is 25.8. The van der Waals surface area contributed by atoms with Crippen LogP contribution in [0.15, 0.2) is 96.6 Å². The van der Waals surface area contributed by atoms with E-state index in [4.69, 9.17) is 4.74 Å². The second-order valence-electron chi connectivity index (χ2n) is 14.7. The summed E-state index contributed by atoms with van der Waals surface area (Å²) in [6, 6.07) is 24.4. The average Bonchev–Trinajstić information content (AvgIpc) is 3.56. The number of halogens is 3. The van der Waals surface area contributed by atoms with Gasteiger partial charge in [-0.15, -0.1) is 0 Å². The topological polar surface area (TPSA) is 66.8 Å². The zero-order valence-electron chi connectivity index (χ0n) is 28.4. The number of amides is 1. The lowest BCUT2D eigenvalue weighted by atomic mass is 9.64. The molecule has 4 aromatic rings. The van der Waals surface area contributed by atoms with Gasteiger partial charge in [0.05, 0.1) is 18.2 Å². The molecule has 4 atom stereocenters. The van der Waals surface area contributed by atoms with Crippen molar-refractivity contribution in [3.8, 4) is 0 Å². The lowest BCUT2D eigenvalue weighted by Gasteiger charge is -2.43. The number of ketones is 1. The maximum Gasteiger partial charge on any atom is 0.416 e. The number of aliphatic hydroxyl groups is 1. The molecule has 4 aromatic carbocycles. The number of carbonyl (C=O) groups excluding carboxylic acids is 2. The Labute approximate surface area is 290 Å². The molecule has 4 aliphatic rings. The van der Waals surface area contributed by atoms with Crippen LogP contribution < -0.4 is 0 Å². The number of hydrogen-bond acceptors (Lipinski definition) is 4. The maximum absolute atomic E-state index is 14.3. The van der Waals surface area contributed by atoms with Crippen LogP contribution in [0, 0.1) is 5.41 Å². The molecular weight excluding hydrogens is 639 g/mol. The first-order chi connectivity index (χ1) is 23.9. The minimum absolute atomic E-state index is 0.0404. The van der Waals surface area contributed by atoms with Gasteiger partial charge in [-0.05, 0) is 103 Å². The van der Waals surface area contributed by atoms with Crippen LogP contribution in [0.1, 0.15) is 96.5 Å². The van der Waals surface area contributed by atoms with E-state index in [1.165, 1.54) is 17.7 Å². The number of aliphatic hydroxyl groups excluding tert-OH is 1. The van der Waals surface area contributed by atoms with Crippen LogP contribution in [0.25, 0.3) is 10.8 Å². The third-order valence-electron chi connectivity index (χ3n) is 11.6. The van der Waals surface area contributed by atoms with Crippen molar-refractivity contribution in [3.63, 3.8) is 0 Å². The van der Waals surface area contributed by atoms with Gasteiger partial charge in [-0.3, -0.25) is 9.69 Å². The van der Waals surface area contributed by atoms with Crippen molar-refractivity contribution in [1.29, 1.82) is 0 Å². The Balaban J connectivity index is 1.30. The van der Waals surface area contributed by atoms with Gasteiger partial charge in [0.1, 0.15) is 5.60 Å². The number of benzene rings is 4. The lowest BCUT2D eigenvalue weighted by Crippen LogP contribution is -2.48. The molecule has 1 amide bonds. The second-order valence-corrected chi connectivity index (χ2v) is 14.7. The highest BCUT2D eigenvalue weighted by molar-refractivity contribution is 6.10. The number of nitrogens with zero attached hydrogens (tertiary/aromatic N) is 1. The molecule has 1 N–H and O–H groups in total. The Morgan fingerprint density at radius 1 is 0.980 bits per heavy atom. The van der Waals surface area contributed by atoms with E-state index in [1.54, 1.807) is 11.0 Å². The number of rotatable bonds is 4. The predicted octanol–water partition coefficient (Wildman–Crippen LogP) is 9.79. The third kappa shape index (κ3) is 6.23. The van der Waals surface area contributed by atoms with E-state index in [2.05, 4.69) is 38.1 Å². The van der Waals surface area contributed by atoms with Crippen LogP contribution in [-0.2, 0) is 23.9 Å². The minimum atomic E-state index is -4.59. The number of hydrogen-bond donors (Lipinski definition) is 1. The zero-order chi connectivity index (χ0) is 35.3. The van der Waals surface area contributed by atoms with Gasteiger partial charge in [-0.25, -0.2) is 4.79 Å². The van der Waals surface area contributed by atoms with E-state index >= 15 is 0 Å². The summed E-state index contributed by atoms with van der Waals surface area (Å²) in [5, 5.41) is 13.1. The molecule has 0 unspecified atom stereocenters. The summed E-state index contributed by atoms with van der Waals surface area (Å²) >= 11 is 0. The molecule has 5 nitrogen and oxygen atoms in total. The Kier molecular flexibility index (Phi) is 8.87. The van der Waals surface area contributed by atoms with Crippen molar-refractivity contribution in [3.05, 3.63) is 130 Å². The molecule has 2 bridgehead atoms. The molecule has 1 spiro atoms. The van der Waals surface area contributed by atoms with Gasteiger partial charge in [0.15, 0.2) is 5.78 Å². The summed E-state index contributed by atoms with van der Waals surface area (Å²) in [6.07, 6.45) is 0.816. The average molecular weight is 682 g/mol. The summed E-state index contributed by atoms with van der Waals surface area (Å²) in [4.78, 5) is 29.8. The Hall–Kier alpha value is -4.43. The first-order valence-electron chi connectivity index (χ1n) is 17.5. The van der Waals surface area contributed by atoms with E-state index in [0.29, 0.717) is 63.6 Å². The summed E-state index contributed by atoms with van der Waals surface area (Å²) in [5.41, 5.74) is 1.70. The third-order valence-corrected chi connectivity index (χ3v) is 11.6. The van der Waals surface area contributed by atoms with Gasteiger partial charge >= 0.3 is 12.3 Å². The fourth-order valence-corrected chi connectivity index (χ4v) is 8.73. The van der Waals surface area contributed by atoms with Crippen molar-refractivity contribution in [2.24, 2.45) is 5.41 Å². The number of fused-ring (bicyclic) bond motifs is 9. The number of carbonyl (C=O) groups is 2. The van der Waals surface area contributed by atoms with Crippen molar-refractivity contribution < 1.29 is 32.6 Å². The van der Waals surface area contributed by atoms with Crippen molar-refractivity contribution >= 4 is 22.6 Å². The van der Waals surface area contributed by atoms with Crippen molar-refractivity contribution in [2.45, 2.75) is 89.1 Å². The summed E-state index contributed by atoms with van der Waals surface area (Å²) < 4.78 is 47.6. The molecule has 3 aliphatic carbocycles. The summed E-state index contributed by atoms with van der Waals surface area (Å²) in [7, 11) is 0. The van der Waals surface area contributed by atoms with Crippen molar-refractivity contribution in [1.82, 2.24) is 4.90 Å². The molecule has 1 heterocycles. The van der Waals surface area contributed by atoms with Gasteiger partial charge in [0.2, 0.25) is 0 Å². The molecule has 0 radical (unpaired) electrons. The molecule has 50 heavy (non-hydrogen) atoms. The summed E-state index contributed by atoms with van der Waals surface area (Å²) in [5.74, 6) is -0.706. The fourth-order valence-electron chi connectivity index (χ4n) is 8.73. The highest BCUT2D eigenvalue weighted by atomic mass is 19.4. The van der Waals surface area contributed by atoms with E-state index in [-0.39, 0.29) is 17.6 Å². The SMILES string of the molecule is CC1=CCC[C@@]2(C)[C@@H](CC[C@@]23CN(Cc2cccc4ccccc24)C(=O)O3)c2ccc(cc2C(=O)c2cccc(C(F)(F)F)c2)C[C@@H](O)CC1. The standard InChI is InChI=1S/C42H42F3NO4/c1-27-8-7-20-40(2)37(19-21-41(40)26-46(39(49)50-41)25-31-12-5-10-29-9-3-4-14-34(29)31)35-18-16-28(22-33(47)17-15-27)23-36(35)38(48)30-11-6-13-32(24-30)42(43,44)45/h3-6,8-14,16,18,23-24,33,37,47H,7,15,17,19-22,25-26H2,1-2H3/t33-,37-,40-,41+/m0/s1. The predicted molar refractivity (Wildman–Crippen MR) is 187 cm³/mol. The van der Waals surface area contributed by atoms with Gasteiger partial charge in [-0.1, -0.05) is 85.3 Å². The molecule has 1 aliphatic heterocycles. The number of allylic oxidation sites excluding steroid dienone is 2. The minimum Gasteiger partial charge on any atom is -0.440 e. The van der Waals surface area contributed by atoms with Gasteiger partial charge in [-0.2, -0.15) is 13.2 Å². The first kappa shape index (κ1) is 34.0. The van der Waals surface area contributed by atoms with Gasteiger partial charge < -0.3 is 9.84 Å². The number of ether oxygens (including phenoxy) is 1. The van der Waals surface area contributed by atoms with Crippen LogP contribution in [0.4, 0.5) is 18.0 Å². The smallest absolute Gasteiger partial charge is 0.416 e. The van der Waals surface area contributed by atoms with E-state index in [1.807, 2.05) is 36.4 Å². The summed E-state index contributed by atoms with van der Waals surface area (Å²) in [6.45, 7) is 5.03. The molecule has 1 saturated carbocycles. The van der Waals surface area contributed by atoms with E-state index < -0.39 is 34.6 Å². The Bertz CT molecular complexity index is 1980. The highest BCUT2D eigenvalue weighted by Gasteiger charge is 2.64. The van der Waals surface area contributed by atoms with E-state index in [0.717, 1.165) is 39.6 Å². The first-order valence-corrected chi connectivity index (χ1v) is 17.5. The molecule has 8 heteroatoms. The van der Waals surface area contributed by atoms with E-state index in [9.17, 15) is 27.9 Å². The quantitative estimate of drug-likeness (QED) is 0.172.